The van der Waals surface area contributed by atoms with Crippen molar-refractivity contribution in [2.75, 3.05) is 19.1 Å². The summed E-state index contributed by atoms with van der Waals surface area (Å²) in [6.45, 7) is 0. The number of carbonyl (C=O) groups is 2. The number of ether oxygens (including phenoxy) is 2. The highest BCUT2D eigenvalue weighted by atomic mass is 16.5. The number of hydrogen-bond donors (Lipinski definition) is 2. The number of nitrogens with one attached hydrogen (secondary N) is 1. The van der Waals surface area contributed by atoms with Crippen LogP contribution >= 0.6 is 0 Å². The van der Waals surface area contributed by atoms with Gasteiger partial charge < -0.3 is 19.9 Å². The highest BCUT2D eigenvalue weighted by molar-refractivity contribution is 6.17. The number of para-hydroxylation sites is 1. The molecule has 0 aromatic heterocycles. The maximum absolute atomic E-state index is 11.9. The maximum Gasteiger partial charge on any atom is 0.330 e. The van der Waals surface area contributed by atoms with Gasteiger partial charge in [-0.25, -0.2) is 9.69 Å². The van der Waals surface area contributed by atoms with Crippen LogP contribution in [0.4, 0.5) is 10.5 Å². The summed E-state index contributed by atoms with van der Waals surface area (Å²) >= 11 is 0. The second-order valence-electron chi connectivity index (χ2n) is 3.91. The molecule has 0 bridgehead atoms. The fraction of sp³-hybridized carbons (Fsp3) is 0.333. The number of hydrogen-bond acceptors (Lipinski definition) is 5. The summed E-state index contributed by atoms with van der Waals surface area (Å²) in [5.74, 6) is 0.180. The van der Waals surface area contributed by atoms with Crippen molar-refractivity contribution in [1.82, 2.24) is 5.32 Å². The van der Waals surface area contributed by atoms with Crippen LogP contribution in [-0.4, -0.2) is 37.5 Å². The number of methoxy groups -OCH3 is 2. The lowest BCUT2D eigenvalue weighted by Gasteiger charge is -2.29. The van der Waals surface area contributed by atoms with Gasteiger partial charge in [-0.05, 0) is 12.1 Å². The summed E-state index contributed by atoms with van der Waals surface area (Å²) in [5.41, 5.74) is 0.274. The lowest BCUT2D eigenvalue weighted by molar-refractivity contribution is -0.121. The zero-order valence-electron chi connectivity index (χ0n) is 10.5. The van der Waals surface area contributed by atoms with E-state index in [1.54, 1.807) is 18.2 Å². The number of aliphatic hydroxyl groups is 1. The van der Waals surface area contributed by atoms with Gasteiger partial charge in [-0.2, -0.15) is 0 Å². The van der Waals surface area contributed by atoms with E-state index in [1.807, 2.05) is 0 Å². The number of carbonyl (C=O) groups excluding carboxylic acids is 2. The fourth-order valence-corrected chi connectivity index (χ4v) is 1.92. The van der Waals surface area contributed by atoms with Crippen LogP contribution in [0.1, 0.15) is 6.42 Å². The van der Waals surface area contributed by atoms with Crippen molar-refractivity contribution in [3.8, 4) is 11.5 Å². The van der Waals surface area contributed by atoms with Gasteiger partial charge in [0.2, 0.25) is 5.91 Å². The molecule has 1 atom stereocenters. The molecule has 7 nitrogen and oxygen atoms in total. The molecule has 1 aliphatic rings. The SMILES string of the molecule is COc1cccc(N2C(=O)CC(O)NC2=O)c1OC. The Morgan fingerprint density at radius 2 is 2.05 bits per heavy atom. The first-order chi connectivity index (χ1) is 9.08. The minimum Gasteiger partial charge on any atom is -0.493 e. The minimum atomic E-state index is -1.16. The van der Waals surface area contributed by atoms with Crippen molar-refractivity contribution < 1.29 is 24.2 Å². The zero-order valence-corrected chi connectivity index (χ0v) is 10.5. The number of rotatable bonds is 3. The van der Waals surface area contributed by atoms with Crippen LogP contribution in [-0.2, 0) is 4.79 Å². The van der Waals surface area contributed by atoms with E-state index in [1.165, 1.54) is 14.2 Å². The fourth-order valence-electron chi connectivity index (χ4n) is 1.92. The first-order valence-electron chi connectivity index (χ1n) is 5.61. The average molecular weight is 266 g/mol. The summed E-state index contributed by atoms with van der Waals surface area (Å²) in [5, 5.41) is 11.6. The molecule has 1 fully saturated rings. The molecule has 1 unspecified atom stereocenters. The largest absolute Gasteiger partial charge is 0.493 e. The van der Waals surface area contributed by atoms with Gasteiger partial charge in [0.15, 0.2) is 11.5 Å². The molecule has 7 heteroatoms. The molecule has 1 aromatic rings. The summed E-state index contributed by atoms with van der Waals surface area (Å²) < 4.78 is 10.3. The molecule has 1 aromatic carbocycles. The number of benzene rings is 1. The lowest BCUT2D eigenvalue weighted by atomic mass is 10.2. The van der Waals surface area contributed by atoms with Crippen molar-refractivity contribution in [3.05, 3.63) is 18.2 Å². The smallest absolute Gasteiger partial charge is 0.330 e. The predicted molar refractivity (Wildman–Crippen MR) is 66.2 cm³/mol. The van der Waals surface area contributed by atoms with Crippen LogP contribution in [0.2, 0.25) is 0 Å². The Hall–Kier alpha value is -2.28. The normalized spacial score (nSPS) is 19.1. The third-order valence-corrected chi connectivity index (χ3v) is 2.73. The van der Waals surface area contributed by atoms with E-state index in [4.69, 9.17) is 9.47 Å². The van der Waals surface area contributed by atoms with Crippen LogP contribution in [0.5, 0.6) is 11.5 Å². The first kappa shape index (κ1) is 13.2. The molecule has 102 valence electrons. The van der Waals surface area contributed by atoms with Gasteiger partial charge >= 0.3 is 6.03 Å². The van der Waals surface area contributed by atoms with E-state index in [0.717, 1.165) is 4.90 Å². The Bertz CT molecular complexity index is 499. The molecule has 1 aliphatic heterocycles. The average Bonchev–Trinajstić information content (AvgIpc) is 2.37. The highest BCUT2D eigenvalue weighted by Gasteiger charge is 2.34. The monoisotopic (exact) mass is 266 g/mol. The molecule has 2 N–H and O–H groups in total. The number of imide groups is 1. The van der Waals surface area contributed by atoms with E-state index in [0.29, 0.717) is 5.75 Å². The Balaban J connectivity index is 2.46. The first-order valence-corrected chi connectivity index (χ1v) is 5.61. The molecule has 0 spiro atoms. The standard InChI is InChI=1S/C12H14N2O5/c1-18-8-5-3-4-7(11(8)19-2)14-10(16)6-9(15)13-12(14)17/h3-5,9,15H,6H2,1-2H3,(H,13,17). The van der Waals surface area contributed by atoms with Gasteiger partial charge in [-0.15, -0.1) is 0 Å². The maximum atomic E-state index is 11.9. The van der Waals surface area contributed by atoms with Crippen molar-refractivity contribution in [2.45, 2.75) is 12.6 Å². The Morgan fingerprint density at radius 1 is 1.32 bits per heavy atom. The number of anilines is 1. The summed E-state index contributed by atoms with van der Waals surface area (Å²) in [6.07, 6.45) is -1.35. The molecule has 1 saturated heterocycles. The Labute approximate surface area is 109 Å². The molecule has 0 aliphatic carbocycles. The molecule has 19 heavy (non-hydrogen) atoms. The zero-order chi connectivity index (χ0) is 14.0. The van der Waals surface area contributed by atoms with E-state index < -0.39 is 18.2 Å². The predicted octanol–water partition coefficient (Wildman–Crippen LogP) is 0.468. The molecule has 1 heterocycles. The van der Waals surface area contributed by atoms with Crippen molar-refractivity contribution in [1.29, 1.82) is 0 Å². The second-order valence-corrected chi connectivity index (χ2v) is 3.91. The number of urea groups is 1. The van der Waals surface area contributed by atoms with Gasteiger partial charge in [-0.1, -0.05) is 6.07 Å². The van der Waals surface area contributed by atoms with Gasteiger partial charge in [0.05, 0.1) is 26.3 Å². The van der Waals surface area contributed by atoms with Gasteiger partial charge in [-0.3, -0.25) is 4.79 Å². The number of aliphatic hydroxyl groups excluding tert-OH is 1. The van der Waals surface area contributed by atoms with Gasteiger partial charge in [0.25, 0.3) is 0 Å². The minimum absolute atomic E-state index is 0.188. The van der Waals surface area contributed by atoms with Crippen molar-refractivity contribution >= 4 is 17.6 Å². The van der Waals surface area contributed by atoms with E-state index in [2.05, 4.69) is 5.32 Å². The summed E-state index contributed by atoms with van der Waals surface area (Å²) in [6, 6.07) is 4.16. The number of nitrogens with zero attached hydrogens (tertiary/aromatic N) is 1. The topological polar surface area (TPSA) is 88.1 Å². The van der Waals surface area contributed by atoms with Crippen LogP contribution in [0, 0.1) is 0 Å². The summed E-state index contributed by atoms with van der Waals surface area (Å²) in [7, 11) is 2.88. The van der Waals surface area contributed by atoms with E-state index in [9.17, 15) is 14.7 Å². The summed E-state index contributed by atoms with van der Waals surface area (Å²) in [4.78, 5) is 24.6. The third-order valence-electron chi connectivity index (χ3n) is 2.73. The van der Waals surface area contributed by atoms with Crippen LogP contribution in [0.25, 0.3) is 0 Å². The van der Waals surface area contributed by atoms with Crippen LogP contribution in [0.3, 0.4) is 0 Å². The molecule has 2 rings (SSSR count). The van der Waals surface area contributed by atoms with Crippen molar-refractivity contribution in [3.63, 3.8) is 0 Å². The van der Waals surface area contributed by atoms with Crippen LogP contribution in [0.15, 0.2) is 18.2 Å². The van der Waals surface area contributed by atoms with Gasteiger partial charge in [0.1, 0.15) is 6.23 Å². The molecular formula is C12H14N2O5. The number of amides is 3. The van der Waals surface area contributed by atoms with E-state index in [-0.39, 0.29) is 17.9 Å². The lowest BCUT2D eigenvalue weighted by Crippen LogP contribution is -2.55. The van der Waals surface area contributed by atoms with E-state index >= 15 is 0 Å². The Kier molecular flexibility index (Phi) is 3.57. The quantitative estimate of drug-likeness (QED) is 0.830. The molecule has 3 amide bonds. The third kappa shape index (κ3) is 2.32. The highest BCUT2D eigenvalue weighted by Crippen LogP contribution is 2.38. The second kappa shape index (κ2) is 5.15. The van der Waals surface area contributed by atoms with Crippen LogP contribution < -0.4 is 19.7 Å². The molecule has 0 saturated carbocycles. The van der Waals surface area contributed by atoms with Crippen molar-refractivity contribution in [2.24, 2.45) is 0 Å². The molecular weight excluding hydrogens is 252 g/mol. The molecule has 0 radical (unpaired) electrons. The Morgan fingerprint density at radius 3 is 2.63 bits per heavy atom. The van der Waals surface area contributed by atoms with Gasteiger partial charge in [0, 0.05) is 0 Å².